The van der Waals surface area contributed by atoms with E-state index in [1.807, 2.05) is 20.8 Å². The van der Waals surface area contributed by atoms with Gasteiger partial charge >= 0.3 is 11.9 Å². The molecule has 33 heavy (non-hydrogen) atoms. The number of benzene rings is 2. The lowest BCUT2D eigenvalue weighted by Gasteiger charge is -2.34. The number of aromatic hydroxyl groups is 1. The molecule has 4 rings (SSSR count). The van der Waals surface area contributed by atoms with Crippen LogP contribution in [-0.2, 0) is 27.2 Å². The van der Waals surface area contributed by atoms with Gasteiger partial charge < -0.3 is 29.5 Å². The van der Waals surface area contributed by atoms with Crippen LogP contribution in [0.25, 0.3) is 0 Å². The van der Waals surface area contributed by atoms with Gasteiger partial charge in [0.2, 0.25) is 18.2 Å². The summed E-state index contributed by atoms with van der Waals surface area (Å²) in [4.78, 5) is 32.5. The highest BCUT2D eigenvalue weighted by Gasteiger charge is 2.40. The normalized spacial score (nSPS) is 17.8. The van der Waals surface area contributed by atoms with Crippen LogP contribution in [0.5, 0.6) is 23.0 Å². The van der Waals surface area contributed by atoms with E-state index in [0.717, 1.165) is 22.3 Å². The Balaban J connectivity index is 0.000000189. The minimum atomic E-state index is -1.42. The Morgan fingerprint density at radius 2 is 1.67 bits per heavy atom. The van der Waals surface area contributed by atoms with Crippen molar-refractivity contribution in [3.8, 4) is 23.0 Å². The van der Waals surface area contributed by atoms with Gasteiger partial charge in [-0.1, -0.05) is 6.07 Å². The molecule has 1 atom stereocenters. The lowest BCUT2D eigenvalue weighted by Crippen LogP contribution is -2.44. The maximum atomic E-state index is 11.3. The molecule has 1 unspecified atom stereocenters. The highest BCUT2D eigenvalue weighted by molar-refractivity contribution is 6.33. The van der Waals surface area contributed by atoms with E-state index in [2.05, 4.69) is 0 Å². The molecule has 2 aromatic rings. The number of hydrogen-bond donors (Lipinski definition) is 3. The molecule has 0 saturated carbocycles. The standard InChI is InChI=1S/C14H18O4.C10H8O5/c1-7-8(2)12-10(9(3)11(7)15)5-6-14(4,18-12)13(16)17;11-7(10(12)13)3-6-1-2-8-9(4-6)15-5-14-8/h15H,5-6H2,1-4H3,(H,16,17);1-2,4H,3,5H2,(H,12,13). The van der Waals surface area contributed by atoms with Gasteiger partial charge in [-0.2, -0.15) is 0 Å². The van der Waals surface area contributed by atoms with E-state index in [9.17, 15) is 24.6 Å². The SMILES string of the molecule is Cc1c(C)c2c(c(C)c1O)CCC(C)(C(=O)O)O2.O=C(O)C(=O)Cc1ccc2c(c1)OCO2. The quantitative estimate of drug-likeness (QED) is 0.590. The molecule has 0 bridgehead atoms. The number of aliphatic carboxylic acids is 2. The lowest BCUT2D eigenvalue weighted by atomic mass is 9.87. The maximum absolute atomic E-state index is 11.3. The molecule has 2 heterocycles. The van der Waals surface area contributed by atoms with Gasteiger partial charge in [0.25, 0.3) is 0 Å². The second kappa shape index (κ2) is 9.01. The summed E-state index contributed by atoms with van der Waals surface area (Å²) in [5, 5.41) is 27.7. The molecule has 0 amide bonds. The van der Waals surface area contributed by atoms with Crippen molar-refractivity contribution < 1.29 is 43.9 Å². The predicted molar refractivity (Wildman–Crippen MR) is 116 cm³/mol. The highest BCUT2D eigenvalue weighted by atomic mass is 16.7. The molecular formula is C24H26O9. The molecule has 0 spiro atoms. The number of carbonyl (C=O) groups is 3. The Hall–Kier alpha value is -3.75. The molecule has 176 valence electrons. The summed E-state index contributed by atoms with van der Waals surface area (Å²) in [5.41, 5.74) is 2.72. The molecule has 0 radical (unpaired) electrons. The van der Waals surface area contributed by atoms with Gasteiger partial charge in [-0.15, -0.1) is 0 Å². The third-order valence-electron chi connectivity index (χ3n) is 6.01. The summed E-state index contributed by atoms with van der Waals surface area (Å²) in [5.74, 6) is -1.14. The monoisotopic (exact) mass is 458 g/mol. The number of carboxylic acids is 2. The van der Waals surface area contributed by atoms with Crippen LogP contribution in [0.1, 0.15) is 41.2 Å². The second-order valence-electron chi connectivity index (χ2n) is 8.26. The fourth-order valence-corrected chi connectivity index (χ4v) is 3.71. The number of carboxylic acid groups (broad SMARTS) is 2. The van der Waals surface area contributed by atoms with Crippen LogP contribution in [0.15, 0.2) is 18.2 Å². The molecule has 0 aromatic heterocycles. The van der Waals surface area contributed by atoms with E-state index >= 15 is 0 Å². The number of hydrogen-bond acceptors (Lipinski definition) is 7. The molecule has 2 aromatic carbocycles. The Bertz CT molecular complexity index is 1140. The summed E-state index contributed by atoms with van der Waals surface area (Å²) < 4.78 is 15.9. The summed E-state index contributed by atoms with van der Waals surface area (Å²) in [6.45, 7) is 7.25. The molecule has 2 aliphatic heterocycles. The second-order valence-corrected chi connectivity index (χ2v) is 8.26. The van der Waals surface area contributed by atoms with Crippen molar-refractivity contribution in [2.75, 3.05) is 6.79 Å². The van der Waals surface area contributed by atoms with Crippen molar-refractivity contribution in [2.24, 2.45) is 0 Å². The minimum Gasteiger partial charge on any atom is -0.507 e. The Kier molecular flexibility index (Phi) is 6.53. The van der Waals surface area contributed by atoms with Crippen LogP contribution in [0.2, 0.25) is 0 Å². The van der Waals surface area contributed by atoms with Gasteiger partial charge in [0.1, 0.15) is 11.5 Å². The van der Waals surface area contributed by atoms with Gasteiger partial charge in [-0.25, -0.2) is 9.59 Å². The van der Waals surface area contributed by atoms with Gasteiger partial charge in [0, 0.05) is 18.4 Å². The van der Waals surface area contributed by atoms with E-state index in [0.29, 0.717) is 35.7 Å². The molecule has 9 heteroatoms. The number of carbonyl (C=O) groups excluding carboxylic acids is 1. The number of rotatable bonds is 4. The largest absolute Gasteiger partial charge is 0.507 e. The average molecular weight is 458 g/mol. The van der Waals surface area contributed by atoms with Crippen molar-refractivity contribution >= 4 is 17.7 Å². The molecule has 0 fully saturated rings. The topological polar surface area (TPSA) is 140 Å². The third-order valence-corrected chi connectivity index (χ3v) is 6.01. The minimum absolute atomic E-state index is 0.133. The average Bonchev–Trinajstić information content (AvgIpc) is 3.24. The third kappa shape index (κ3) is 4.72. The van der Waals surface area contributed by atoms with Crippen molar-refractivity contribution in [1.82, 2.24) is 0 Å². The molecular weight excluding hydrogens is 432 g/mol. The van der Waals surface area contributed by atoms with E-state index in [1.54, 1.807) is 25.1 Å². The number of ketones is 1. The number of fused-ring (bicyclic) bond motifs is 2. The fourth-order valence-electron chi connectivity index (χ4n) is 3.71. The maximum Gasteiger partial charge on any atom is 0.372 e. The Morgan fingerprint density at radius 1 is 1.00 bits per heavy atom. The molecule has 0 aliphatic carbocycles. The zero-order chi connectivity index (χ0) is 24.5. The zero-order valence-corrected chi connectivity index (χ0v) is 18.9. The first-order valence-corrected chi connectivity index (χ1v) is 10.3. The summed E-state index contributed by atoms with van der Waals surface area (Å²) >= 11 is 0. The van der Waals surface area contributed by atoms with Crippen molar-refractivity contribution in [3.63, 3.8) is 0 Å². The Morgan fingerprint density at radius 3 is 2.30 bits per heavy atom. The fraction of sp³-hybridized carbons (Fsp3) is 0.375. The van der Waals surface area contributed by atoms with Gasteiger partial charge in [-0.05, 0) is 68.5 Å². The lowest BCUT2D eigenvalue weighted by molar-refractivity contribution is -0.155. The van der Waals surface area contributed by atoms with Crippen LogP contribution in [0.4, 0.5) is 0 Å². The van der Waals surface area contributed by atoms with E-state index in [-0.39, 0.29) is 19.0 Å². The first-order chi connectivity index (χ1) is 15.4. The van der Waals surface area contributed by atoms with Crippen molar-refractivity contribution in [1.29, 1.82) is 0 Å². The molecule has 0 saturated heterocycles. The van der Waals surface area contributed by atoms with Crippen molar-refractivity contribution in [3.05, 3.63) is 46.0 Å². The molecule has 3 N–H and O–H groups in total. The number of ether oxygens (including phenoxy) is 3. The van der Waals surface area contributed by atoms with Gasteiger partial charge in [0.05, 0.1) is 0 Å². The van der Waals surface area contributed by atoms with E-state index in [4.69, 9.17) is 19.3 Å². The number of Topliss-reactive ketones (excluding diaryl/α,β-unsaturated/α-hetero) is 1. The first kappa shape index (κ1) is 23.9. The highest BCUT2D eigenvalue weighted by Crippen LogP contribution is 2.43. The van der Waals surface area contributed by atoms with Crippen LogP contribution >= 0.6 is 0 Å². The van der Waals surface area contributed by atoms with Crippen LogP contribution in [-0.4, -0.2) is 45.4 Å². The van der Waals surface area contributed by atoms with E-state index in [1.165, 1.54) is 0 Å². The van der Waals surface area contributed by atoms with Gasteiger partial charge in [0.15, 0.2) is 11.5 Å². The number of phenols is 1. The molecule has 2 aliphatic rings. The molecule has 9 nitrogen and oxygen atoms in total. The summed E-state index contributed by atoms with van der Waals surface area (Å²) in [7, 11) is 0. The van der Waals surface area contributed by atoms with Crippen LogP contribution in [0.3, 0.4) is 0 Å². The summed E-state index contributed by atoms with van der Waals surface area (Å²) in [6, 6.07) is 4.92. The van der Waals surface area contributed by atoms with Gasteiger partial charge in [-0.3, -0.25) is 4.79 Å². The van der Waals surface area contributed by atoms with Crippen molar-refractivity contribution in [2.45, 2.75) is 52.6 Å². The van der Waals surface area contributed by atoms with Crippen LogP contribution < -0.4 is 14.2 Å². The predicted octanol–water partition coefficient (Wildman–Crippen LogP) is 3.10. The summed E-state index contributed by atoms with van der Waals surface area (Å²) in [6.07, 6.45) is 0.892. The first-order valence-electron chi connectivity index (χ1n) is 10.3. The number of phenolic OH excluding ortho intramolecular Hbond substituents is 1. The smallest absolute Gasteiger partial charge is 0.372 e. The van der Waals surface area contributed by atoms with E-state index < -0.39 is 23.3 Å². The Labute approximate surface area is 190 Å². The zero-order valence-electron chi connectivity index (χ0n) is 18.9. The van der Waals surface area contributed by atoms with Crippen LogP contribution in [0, 0.1) is 20.8 Å².